The van der Waals surface area contributed by atoms with Gasteiger partial charge in [-0.2, -0.15) is 4.72 Å². The molecule has 1 aliphatic heterocycles. The number of carbonyl (C=O) groups excluding carboxylic acids is 2. The van der Waals surface area contributed by atoms with E-state index in [-0.39, 0.29) is 22.8 Å². The van der Waals surface area contributed by atoms with Crippen molar-refractivity contribution in [1.29, 1.82) is 0 Å². The summed E-state index contributed by atoms with van der Waals surface area (Å²) in [5.74, 6) is -0.417. The van der Waals surface area contributed by atoms with Crippen LogP contribution in [0.5, 0.6) is 0 Å². The summed E-state index contributed by atoms with van der Waals surface area (Å²) in [6.07, 6.45) is 1.42. The van der Waals surface area contributed by atoms with Crippen LogP contribution in [0.25, 0.3) is 0 Å². The average Bonchev–Trinajstić information content (AvgIpc) is 2.63. The second-order valence-electron chi connectivity index (χ2n) is 6.53. The number of hydrogen-bond acceptors (Lipinski definition) is 5. The van der Waals surface area contributed by atoms with E-state index in [1.165, 1.54) is 31.2 Å². The number of rotatable bonds is 7. The molecule has 0 aromatic heterocycles. The molecule has 8 nitrogen and oxygen atoms in total. The van der Waals surface area contributed by atoms with Gasteiger partial charge >= 0.3 is 0 Å². The first-order valence-electron chi connectivity index (χ1n) is 8.72. The number of amides is 2. The fourth-order valence-electron chi connectivity index (χ4n) is 2.81. The van der Waals surface area contributed by atoms with E-state index >= 15 is 0 Å². The predicted octanol–water partition coefficient (Wildman–Crippen LogP) is 0.333. The van der Waals surface area contributed by atoms with Crippen molar-refractivity contribution < 1.29 is 18.0 Å². The van der Waals surface area contributed by atoms with Crippen molar-refractivity contribution in [2.24, 2.45) is 0 Å². The number of benzene rings is 1. The van der Waals surface area contributed by atoms with Crippen molar-refractivity contribution in [3.05, 3.63) is 29.3 Å². The molecular weight excluding hydrogens is 392 g/mol. The van der Waals surface area contributed by atoms with Gasteiger partial charge in [0.15, 0.2) is 0 Å². The van der Waals surface area contributed by atoms with Gasteiger partial charge in [-0.3, -0.25) is 14.5 Å². The molecule has 1 aromatic carbocycles. The van der Waals surface area contributed by atoms with Crippen LogP contribution < -0.4 is 15.4 Å². The number of likely N-dealkylation sites (N-methyl/N-ethyl adjacent to an activating group) is 1. The van der Waals surface area contributed by atoms with Crippen molar-refractivity contribution in [2.75, 3.05) is 26.7 Å². The van der Waals surface area contributed by atoms with Gasteiger partial charge in [-0.1, -0.05) is 11.6 Å². The number of hydrogen-bond donors (Lipinski definition) is 3. The lowest BCUT2D eigenvalue weighted by atomic mass is 10.0. The summed E-state index contributed by atoms with van der Waals surface area (Å²) >= 11 is 5.77. The Bertz CT molecular complexity index is 762. The van der Waals surface area contributed by atoms with Gasteiger partial charge < -0.3 is 10.6 Å². The topological polar surface area (TPSA) is 108 Å². The van der Waals surface area contributed by atoms with Crippen LogP contribution in [0.1, 0.15) is 19.8 Å². The molecular formula is C17H25ClN4O4S. The van der Waals surface area contributed by atoms with Gasteiger partial charge in [-0.25, -0.2) is 8.42 Å². The second kappa shape index (κ2) is 9.50. The van der Waals surface area contributed by atoms with E-state index in [0.29, 0.717) is 37.5 Å². The number of likely N-dealkylation sites (tertiary alicyclic amines) is 1. The van der Waals surface area contributed by atoms with Gasteiger partial charge in [0, 0.05) is 31.2 Å². The number of sulfonamides is 1. The summed E-state index contributed by atoms with van der Waals surface area (Å²) in [7, 11) is -2.21. The Kier molecular flexibility index (Phi) is 7.60. The standard InChI is InChI=1S/C17H25ClN4O4S/c1-12(21-27(25,26)15-5-3-13(18)4-6-15)17(24)20-14-7-9-22(10-8-14)11-16(23)19-2/h3-6,12,14,21H,7-11H2,1-2H3,(H,19,23)(H,20,24)/t12-/m0/s1. The van der Waals surface area contributed by atoms with E-state index in [0.717, 1.165) is 0 Å². The number of halogens is 1. The Morgan fingerprint density at radius 2 is 1.81 bits per heavy atom. The number of carbonyl (C=O) groups is 2. The number of nitrogens with one attached hydrogen (secondary N) is 3. The summed E-state index contributed by atoms with van der Waals surface area (Å²) in [6.45, 7) is 3.24. The molecule has 1 saturated heterocycles. The van der Waals surface area contributed by atoms with Crippen LogP contribution in [0, 0.1) is 0 Å². The van der Waals surface area contributed by atoms with Gasteiger partial charge in [0.1, 0.15) is 0 Å². The third kappa shape index (κ3) is 6.46. The van der Waals surface area contributed by atoms with Crippen LogP contribution in [0.4, 0.5) is 0 Å². The first kappa shape index (κ1) is 21.6. The van der Waals surface area contributed by atoms with Gasteiger partial charge in [0.25, 0.3) is 0 Å². The molecule has 0 radical (unpaired) electrons. The quantitative estimate of drug-likeness (QED) is 0.593. The van der Waals surface area contributed by atoms with E-state index < -0.39 is 16.1 Å². The van der Waals surface area contributed by atoms with Crippen molar-refractivity contribution in [3.8, 4) is 0 Å². The Morgan fingerprint density at radius 3 is 2.37 bits per heavy atom. The molecule has 0 unspecified atom stereocenters. The zero-order chi connectivity index (χ0) is 20.0. The normalized spacial score (nSPS) is 17.3. The monoisotopic (exact) mass is 416 g/mol. The molecule has 27 heavy (non-hydrogen) atoms. The molecule has 10 heteroatoms. The van der Waals surface area contributed by atoms with Crippen LogP contribution in [0.15, 0.2) is 29.2 Å². The van der Waals surface area contributed by atoms with Crippen LogP contribution in [-0.2, 0) is 19.6 Å². The molecule has 1 heterocycles. The molecule has 1 fully saturated rings. The Morgan fingerprint density at radius 1 is 1.22 bits per heavy atom. The molecule has 1 aliphatic rings. The molecule has 0 saturated carbocycles. The van der Waals surface area contributed by atoms with Crippen LogP contribution in [-0.4, -0.2) is 63.9 Å². The van der Waals surface area contributed by atoms with Crippen LogP contribution in [0.2, 0.25) is 5.02 Å². The summed E-state index contributed by atoms with van der Waals surface area (Å²) in [5.41, 5.74) is 0. The van der Waals surface area contributed by atoms with Crippen LogP contribution >= 0.6 is 11.6 Å². The van der Waals surface area contributed by atoms with E-state index in [1.807, 2.05) is 4.90 Å². The highest BCUT2D eigenvalue weighted by Gasteiger charge is 2.26. The summed E-state index contributed by atoms with van der Waals surface area (Å²) in [4.78, 5) is 25.8. The maximum Gasteiger partial charge on any atom is 0.241 e. The Labute approximate surface area is 164 Å². The lowest BCUT2D eigenvalue weighted by molar-refractivity contribution is -0.124. The molecule has 2 rings (SSSR count). The van der Waals surface area contributed by atoms with E-state index in [9.17, 15) is 18.0 Å². The van der Waals surface area contributed by atoms with Gasteiger partial charge in [0.05, 0.1) is 17.5 Å². The SMILES string of the molecule is CNC(=O)CN1CCC(NC(=O)[C@H](C)NS(=O)(=O)c2ccc(Cl)cc2)CC1. The number of piperidine rings is 1. The summed E-state index contributed by atoms with van der Waals surface area (Å²) < 4.78 is 27.1. The largest absolute Gasteiger partial charge is 0.358 e. The van der Waals surface area contributed by atoms with Crippen molar-refractivity contribution in [3.63, 3.8) is 0 Å². The summed E-state index contributed by atoms with van der Waals surface area (Å²) in [5, 5.41) is 5.89. The highest BCUT2D eigenvalue weighted by molar-refractivity contribution is 7.89. The number of nitrogens with zero attached hydrogens (tertiary/aromatic N) is 1. The minimum atomic E-state index is -3.81. The third-order valence-corrected chi connectivity index (χ3v) is 6.24. The van der Waals surface area contributed by atoms with Crippen molar-refractivity contribution in [1.82, 2.24) is 20.3 Å². The van der Waals surface area contributed by atoms with Crippen molar-refractivity contribution >= 4 is 33.4 Å². The smallest absolute Gasteiger partial charge is 0.241 e. The minimum absolute atomic E-state index is 0.0392. The highest BCUT2D eigenvalue weighted by Crippen LogP contribution is 2.14. The fourth-order valence-corrected chi connectivity index (χ4v) is 4.14. The average molecular weight is 417 g/mol. The lowest BCUT2D eigenvalue weighted by Gasteiger charge is -2.32. The minimum Gasteiger partial charge on any atom is -0.358 e. The van der Waals surface area contributed by atoms with Gasteiger partial charge in [-0.15, -0.1) is 0 Å². The fraction of sp³-hybridized carbons (Fsp3) is 0.529. The Hall–Kier alpha value is -1.68. The molecule has 3 N–H and O–H groups in total. The molecule has 0 bridgehead atoms. The van der Waals surface area contributed by atoms with Crippen LogP contribution in [0.3, 0.4) is 0 Å². The second-order valence-corrected chi connectivity index (χ2v) is 8.68. The van der Waals surface area contributed by atoms with E-state index in [1.54, 1.807) is 7.05 Å². The highest BCUT2D eigenvalue weighted by atomic mass is 35.5. The maximum absolute atomic E-state index is 12.3. The Balaban J connectivity index is 1.84. The molecule has 1 aromatic rings. The lowest BCUT2D eigenvalue weighted by Crippen LogP contribution is -2.51. The molecule has 2 amide bonds. The molecule has 1 atom stereocenters. The molecule has 150 valence electrons. The molecule has 0 aliphatic carbocycles. The van der Waals surface area contributed by atoms with E-state index in [4.69, 9.17) is 11.6 Å². The van der Waals surface area contributed by atoms with Crippen molar-refractivity contribution in [2.45, 2.75) is 36.7 Å². The molecule has 0 spiro atoms. The predicted molar refractivity (Wildman–Crippen MR) is 103 cm³/mol. The first-order valence-corrected chi connectivity index (χ1v) is 10.6. The van der Waals surface area contributed by atoms with Gasteiger partial charge in [-0.05, 0) is 44.0 Å². The third-order valence-electron chi connectivity index (χ3n) is 4.43. The first-order chi connectivity index (χ1) is 12.7. The zero-order valence-electron chi connectivity index (χ0n) is 15.4. The van der Waals surface area contributed by atoms with E-state index in [2.05, 4.69) is 15.4 Å². The maximum atomic E-state index is 12.3. The van der Waals surface area contributed by atoms with Gasteiger partial charge in [0.2, 0.25) is 21.8 Å². The summed E-state index contributed by atoms with van der Waals surface area (Å²) in [6, 6.07) is 4.78. The zero-order valence-corrected chi connectivity index (χ0v) is 16.9.